The molecule has 3 nitrogen and oxygen atoms in total. The fourth-order valence-electron chi connectivity index (χ4n) is 7.29. The van der Waals surface area contributed by atoms with Crippen molar-refractivity contribution in [3.8, 4) is 0 Å². The molecular weight excluding hydrogens is 363 g/mol. The first-order valence-electron chi connectivity index (χ1n) is 10.3. The lowest BCUT2D eigenvalue weighted by molar-refractivity contribution is -0.137. The normalized spacial score (nSPS) is 44.7. The minimum atomic E-state index is -1.00. The molecular formula is C22H28ClFN2O. The number of carbonyl (C=O) groups excluding carboxylic acids is 1. The SMILES string of the molecule is O=C(N[C@@H]1CCNC[C@H]1F)C12CC3C[C@]1(CCCl)C[C@@]3(c1ccccc1)C2. The molecule has 1 saturated heterocycles. The minimum absolute atomic E-state index is 0.0158. The highest BCUT2D eigenvalue weighted by atomic mass is 35.5. The average molecular weight is 391 g/mol. The van der Waals surface area contributed by atoms with Gasteiger partial charge in [0.15, 0.2) is 0 Å². The molecule has 4 bridgehead atoms. The quantitative estimate of drug-likeness (QED) is 0.755. The molecule has 27 heavy (non-hydrogen) atoms. The van der Waals surface area contributed by atoms with Crippen LogP contribution < -0.4 is 10.6 Å². The van der Waals surface area contributed by atoms with Gasteiger partial charge in [-0.15, -0.1) is 11.6 Å². The maximum atomic E-state index is 14.3. The van der Waals surface area contributed by atoms with Crippen molar-refractivity contribution in [1.29, 1.82) is 0 Å². The van der Waals surface area contributed by atoms with E-state index in [-0.39, 0.29) is 28.2 Å². The molecule has 0 radical (unpaired) electrons. The highest BCUT2D eigenvalue weighted by molar-refractivity contribution is 6.17. The molecule has 4 aliphatic carbocycles. The van der Waals surface area contributed by atoms with E-state index >= 15 is 0 Å². The van der Waals surface area contributed by atoms with Gasteiger partial charge in [0.1, 0.15) is 6.17 Å². The van der Waals surface area contributed by atoms with Gasteiger partial charge >= 0.3 is 0 Å². The van der Waals surface area contributed by atoms with Crippen molar-refractivity contribution in [2.75, 3.05) is 19.0 Å². The van der Waals surface area contributed by atoms with Crippen LogP contribution in [0.15, 0.2) is 30.3 Å². The number of alkyl halides is 2. The average Bonchev–Trinajstić information content (AvgIpc) is 3.34. The lowest BCUT2D eigenvalue weighted by atomic mass is 9.65. The van der Waals surface area contributed by atoms with Gasteiger partial charge in [-0.05, 0) is 67.4 Å². The number of nitrogens with one attached hydrogen (secondary N) is 2. The molecule has 0 spiro atoms. The standard InChI is InChI=1S/C22H28ClFN2O/c23-8-7-20-10-16-11-22(20,19(27)26-18-6-9-25-12-17(18)24)14-21(16,13-20)15-4-2-1-3-5-15/h1-5,16-18,25H,6-14H2,(H,26,27)/t16?,17-,18-,20-,21+,22?/m1/s1. The Balaban J connectivity index is 1.47. The van der Waals surface area contributed by atoms with Crippen LogP contribution in [0.25, 0.3) is 0 Å². The van der Waals surface area contributed by atoms with Crippen LogP contribution in [0.3, 0.4) is 0 Å². The Bertz CT molecular complexity index is 745. The summed E-state index contributed by atoms with van der Waals surface area (Å²) < 4.78 is 14.3. The Hall–Kier alpha value is -1.13. The smallest absolute Gasteiger partial charge is 0.227 e. The van der Waals surface area contributed by atoms with Crippen molar-refractivity contribution in [1.82, 2.24) is 10.6 Å². The molecule has 5 heteroatoms. The van der Waals surface area contributed by atoms with E-state index in [0.717, 1.165) is 38.6 Å². The second-order valence-electron chi connectivity index (χ2n) is 9.37. The van der Waals surface area contributed by atoms with Crippen LogP contribution in [-0.4, -0.2) is 37.1 Å². The summed E-state index contributed by atoms with van der Waals surface area (Å²) in [5, 5.41) is 6.21. The van der Waals surface area contributed by atoms with Gasteiger partial charge in [0.05, 0.1) is 11.5 Å². The number of piperidine rings is 1. The number of hydrogen-bond acceptors (Lipinski definition) is 2. The third-order valence-electron chi connectivity index (χ3n) is 8.38. The van der Waals surface area contributed by atoms with E-state index in [1.54, 1.807) is 0 Å². The van der Waals surface area contributed by atoms with Crippen LogP contribution in [0.1, 0.15) is 44.1 Å². The predicted octanol–water partition coefficient (Wildman–Crippen LogP) is 3.56. The van der Waals surface area contributed by atoms with Gasteiger partial charge in [0.2, 0.25) is 5.91 Å². The van der Waals surface area contributed by atoms with E-state index < -0.39 is 6.17 Å². The zero-order chi connectivity index (χ0) is 18.7. The first-order chi connectivity index (χ1) is 13.1. The maximum absolute atomic E-state index is 14.3. The minimum Gasteiger partial charge on any atom is -0.350 e. The van der Waals surface area contributed by atoms with Gasteiger partial charge in [-0.3, -0.25) is 4.79 Å². The van der Waals surface area contributed by atoms with Crippen LogP contribution >= 0.6 is 11.6 Å². The number of benzene rings is 1. The van der Waals surface area contributed by atoms with E-state index in [1.165, 1.54) is 5.56 Å². The van der Waals surface area contributed by atoms with Crippen LogP contribution in [-0.2, 0) is 10.2 Å². The number of hydrogen-bond donors (Lipinski definition) is 2. The van der Waals surface area contributed by atoms with Gasteiger partial charge in [-0.2, -0.15) is 0 Å². The highest BCUT2D eigenvalue weighted by Crippen LogP contribution is 2.82. The summed E-state index contributed by atoms with van der Waals surface area (Å²) in [5.41, 5.74) is 1.10. The molecule has 1 aliphatic heterocycles. The van der Waals surface area contributed by atoms with Crippen molar-refractivity contribution in [3.05, 3.63) is 35.9 Å². The molecule has 2 unspecified atom stereocenters. The summed E-state index contributed by atoms with van der Waals surface area (Å²) in [6, 6.07) is 10.4. The van der Waals surface area contributed by atoms with Crippen molar-refractivity contribution >= 4 is 17.5 Å². The zero-order valence-electron chi connectivity index (χ0n) is 15.6. The van der Waals surface area contributed by atoms with E-state index in [2.05, 4.69) is 41.0 Å². The second kappa shape index (κ2) is 6.18. The summed E-state index contributed by atoms with van der Waals surface area (Å²) in [4.78, 5) is 13.6. The van der Waals surface area contributed by atoms with Crippen LogP contribution in [0, 0.1) is 16.7 Å². The molecule has 1 aromatic rings. The topological polar surface area (TPSA) is 41.1 Å². The van der Waals surface area contributed by atoms with Crippen molar-refractivity contribution < 1.29 is 9.18 Å². The molecule has 6 atom stereocenters. The van der Waals surface area contributed by atoms with Crippen molar-refractivity contribution in [3.63, 3.8) is 0 Å². The summed E-state index contributed by atoms with van der Waals surface area (Å²) in [6.45, 7) is 1.10. The first kappa shape index (κ1) is 17.9. The van der Waals surface area contributed by atoms with Crippen molar-refractivity contribution in [2.45, 2.75) is 56.2 Å². The highest BCUT2D eigenvalue weighted by Gasteiger charge is 2.79. The lowest BCUT2D eigenvalue weighted by Gasteiger charge is -2.41. The molecule has 2 N–H and O–H groups in total. The third-order valence-corrected chi connectivity index (χ3v) is 8.57. The molecule has 1 amide bonds. The van der Waals surface area contributed by atoms with E-state index in [1.807, 2.05) is 0 Å². The largest absolute Gasteiger partial charge is 0.350 e. The number of amides is 1. The molecule has 5 fully saturated rings. The third kappa shape index (κ3) is 2.32. The van der Waals surface area contributed by atoms with E-state index in [9.17, 15) is 9.18 Å². The Morgan fingerprint density at radius 2 is 2.07 bits per heavy atom. The van der Waals surface area contributed by atoms with Crippen molar-refractivity contribution in [2.24, 2.45) is 16.7 Å². The summed E-state index contributed by atoms with van der Waals surface area (Å²) >= 11 is 6.23. The van der Waals surface area contributed by atoms with Gasteiger partial charge in [-0.25, -0.2) is 4.39 Å². The summed E-state index contributed by atoms with van der Waals surface area (Å²) in [5.74, 6) is 1.23. The monoisotopic (exact) mass is 390 g/mol. The fraction of sp³-hybridized carbons (Fsp3) is 0.682. The van der Waals surface area contributed by atoms with E-state index in [0.29, 0.717) is 24.8 Å². The second-order valence-corrected chi connectivity index (χ2v) is 9.75. The van der Waals surface area contributed by atoms with Gasteiger partial charge in [0.25, 0.3) is 0 Å². The molecule has 1 aromatic carbocycles. The van der Waals surface area contributed by atoms with Crippen LogP contribution in [0.4, 0.5) is 4.39 Å². The fourth-order valence-corrected chi connectivity index (χ4v) is 7.65. The van der Waals surface area contributed by atoms with Gasteiger partial charge in [-0.1, -0.05) is 30.3 Å². The number of rotatable bonds is 5. The van der Waals surface area contributed by atoms with Crippen LogP contribution in [0.5, 0.6) is 0 Å². The molecule has 6 rings (SSSR count). The maximum Gasteiger partial charge on any atom is 0.227 e. The number of halogens is 2. The molecule has 4 saturated carbocycles. The summed E-state index contributed by atoms with van der Waals surface area (Å²) in [6.07, 6.45) is 4.54. The van der Waals surface area contributed by atoms with E-state index in [4.69, 9.17) is 11.6 Å². The molecule has 5 aliphatic rings. The molecule has 1 heterocycles. The Labute approximate surface area is 165 Å². The Kier molecular flexibility index (Phi) is 4.11. The Morgan fingerprint density at radius 3 is 2.81 bits per heavy atom. The number of carbonyl (C=O) groups is 1. The molecule has 0 aromatic heterocycles. The first-order valence-corrected chi connectivity index (χ1v) is 10.9. The zero-order valence-corrected chi connectivity index (χ0v) is 16.4. The lowest BCUT2D eigenvalue weighted by Crippen LogP contribution is -2.56. The predicted molar refractivity (Wildman–Crippen MR) is 105 cm³/mol. The van der Waals surface area contributed by atoms with Crippen LogP contribution in [0.2, 0.25) is 0 Å². The summed E-state index contributed by atoms with van der Waals surface area (Å²) in [7, 11) is 0. The van der Waals surface area contributed by atoms with Gasteiger partial charge in [0, 0.05) is 12.4 Å². The Morgan fingerprint density at radius 1 is 1.26 bits per heavy atom. The van der Waals surface area contributed by atoms with Gasteiger partial charge < -0.3 is 10.6 Å². The molecule has 146 valence electrons.